The molecule has 0 aliphatic carbocycles. The maximum atomic E-state index is 5.06. The van der Waals surface area contributed by atoms with Crippen molar-refractivity contribution in [1.29, 1.82) is 0 Å². The molecule has 0 aliphatic heterocycles. The van der Waals surface area contributed by atoms with Crippen LogP contribution in [0.15, 0.2) is 6.07 Å². The first kappa shape index (κ1) is 11.7. The van der Waals surface area contributed by atoms with Gasteiger partial charge in [0.05, 0.1) is 6.61 Å². The van der Waals surface area contributed by atoms with Gasteiger partial charge in [0.15, 0.2) is 0 Å². The van der Waals surface area contributed by atoms with Gasteiger partial charge in [-0.05, 0) is 32.4 Å². The molecule has 1 aromatic rings. The summed E-state index contributed by atoms with van der Waals surface area (Å²) in [7, 11) is 1.73. The molecule has 0 amide bonds. The molecule has 0 saturated heterocycles. The quantitative estimate of drug-likeness (QED) is 0.811. The standard InChI is InChI=1S/C11H19NOS/c1-8-5-11(14-10(8)3)6-12-9(2)7-13-4/h5,9,12H,6-7H2,1-4H3. The van der Waals surface area contributed by atoms with Gasteiger partial charge in [-0.1, -0.05) is 0 Å². The van der Waals surface area contributed by atoms with Gasteiger partial charge in [0.1, 0.15) is 0 Å². The summed E-state index contributed by atoms with van der Waals surface area (Å²) in [6.07, 6.45) is 0. The highest BCUT2D eigenvalue weighted by molar-refractivity contribution is 7.12. The monoisotopic (exact) mass is 213 g/mol. The highest BCUT2D eigenvalue weighted by atomic mass is 32.1. The van der Waals surface area contributed by atoms with Crippen LogP contribution in [0.4, 0.5) is 0 Å². The predicted molar refractivity (Wildman–Crippen MR) is 62.0 cm³/mol. The summed E-state index contributed by atoms with van der Waals surface area (Å²) in [6.45, 7) is 8.18. The van der Waals surface area contributed by atoms with Gasteiger partial charge in [-0.2, -0.15) is 0 Å². The Hall–Kier alpha value is -0.380. The number of hydrogen-bond donors (Lipinski definition) is 1. The lowest BCUT2D eigenvalue weighted by molar-refractivity contribution is 0.172. The highest BCUT2D eigenvalue weighted by Crippen LogP contribution is 2.20. The third kappa shape index (κ3) is 3.40. The fourth-order valence-corrected chi connectivity index (χ4v) is 2.32. The van der Waals surface area contributed by atoms with Crippen LogP contribution in [0.2, 0.25) is 0 Å². The largest absolute Gasteiger partial charge is 0.383 e. The van der Waals surface area contributed by atoms with E-state index in [-0.39, 0.29) is 0 Å². The number of methoxy groups -OCH3 is 1. The molecule has 0 saturated carbocycles. The first-order valence-electron chi connectivity index (χ1n) is 4.91. The van der Waals surface area contributed by atoms with Crippen LogP contribution >= 0.6 is 11.3 Å². The van der Waals surface area contributed by atoms with Gasteiger partial charge in [0.25, 0.3) is 0 Å². The molecule has 0 fully saturated rings. The van der Waals surface area contributed by atoms with E-state index in [4.69, 9.17) is 4.74 Å². The average molecular weight is 213 g/mol. The number of rotatable bonds is 5. The van der Waals surface area contributed by atoms with E-state index in [0.717, 1.165) is 13.2 Å². The molecule has 0 bridgehead atoms. The number of ether oxygens (including phenoxy) is 1. The van der Waals surface area contributed by atoms with Crippen LogP contribution in [0, 0.1) is 13.8 Å². The number of nitrogens with one attached hydrogen (secondary N) is 1. The Morgan fingerprint density at radius 1 is 1.50 bits per heavy atom. The third-order valence-corrected chi connectivity index (χ3v) is 3.41. The minimum absolute atomic E-state index is 0.419. The van der Waals surface area contributed by atoms with Crippen molar-refractivity contribution in [2.45, 2.75) is 33.4 Å². The zero-order chi connectivity index (χ0) is 10.6. The molecule has 1 N–H and O–H groups in total. The van der Waals surface area contributed by atoms with E-state index in [0.29, 0.717) is 6.04 Å². The zero-order valence-corrected chi connectivity index (χ0v) is 10.2. The molecule has 1 atom stereocenters. The van der Waals surface area contributed by atoms with E-state index in [9.17, 15) is 0 Å². The number of hydrogen-bond acceptors (Lipinski definition) is 3. The normalized spacial score (nSPS) is 13.1. The van der Waals surface area contributed by atoms with Crippen LogP contribution < -0.4 is 5.32 Å². The van der Waals surface area contributed by atoms with Crippen LogP contribution in [0.5, 0.6) is 0 Å². The second-order valence-electron chi connectivity index (χ2n) is 3.69. The summed E-state index contributed by atoms with van der Waals surface area (Å²) in [6, 6.07) is 2.68. The summed E-state index contributed by atoms with van der Waals surface area (Å²) < 4.78 is 5.06. The first-order valence-corrected chi connectivity index (χ1v) is 5.73. The molecule has 0 aliphatic rings. The molecule has 1 aromatic heterocycles. The minimum atomic E-state index is 0.419. The molecule has 3 heteroatoms. The van der Waals surface area contributed by atoms with Gasteiger partial charge in [0.2, 0.25) is 0 Å². The molecule has 80 valence electrons. The summed E-state index contributed by atoms with van der Waals surface area (Å²) >= 11 is 1.87. The van der Waals surface area contributed by atoms with E-state index in [1.807, 2.05) is 11.3 Å². The van der Waals surface area contributed by atoms with Crippen molar-refractivity contribution in [3.63, 3.8) is 0 Å². The lowest BCUT2D eigenvalue weighted by atomic mass is 10.3. The van der Waals surface area contributed by atoms with Crippen molar-refractivity contribution < 1.29 is 4.74 Å². The molecular formula is C11H19NOS. The van der Waals surface area contributed by atoms with Crippen molar-refractivity contribution in [2.24, 2.45) is 0 Å². The van der Waals surface area contributed by atoms with Crippen molar-refractivity contribution >= 4 is 11.3 Å². The molecule has 1 rings (SSSR count). The second kappa shape index (κ2) is 5.49. The maximum Gasteiger partial charge on any atom is 0.0613 e. The van der Waals surface area contributed by atoms with Crippen molar-refractivity contribution in [2.75, 3.05) is 13.7 Å². The summed E-state index contributed by atoms with van der Waals surface area (Å²) in [5.41, 5.74) is 1.39. The molecule has 0 radical (unpaired) electrons. The van der Waals surface area contributed by atoms with E-state index in [1.165, 1.54) is 15.3 Å². The van der Waals surface area contributed by atoms with Crippen LogP contribution in [-0.4, -0.2) is 19.8 Å². The molecule has 14 heavy (non-hydrogen) atoms. The maximum absolute atomic E-state index is 5.06. The average Bonchev–Trinajstić information content (AvgIpc) is 2.44. The smallest absolute Gasteiger partial charge is 0.0613 e. The Kier molecular flexibility index (Phi) is 4.58. The van der Waals surface area contributed by atoms with Crippen LogP contribution in [0.3, 0.4) is 0 Å². The lowest BCUT2D eigenvalue weighted by Crippen LogP contribution is -2.29. The molecule has 1 unspecified atom stereocenters. The molecule has 0 aromatic carbocycles. The van der Waals surface area contributed by atoms with Gasteiger partial charge < -0.3 is 10.1 Å². The van der Waals surface area contributed by atoms with Crippen molar-refractivity contribution in [1.82, 2.24) is 5.32 Å². The zero-order valence-electron chi connectivity index (χ0n) is 9.39. The van der Waals surface area contributed by atoms with Gasteiger partial charge in [-0.3, -0.25) is 0 Å². The topological polar surface area (TPSA) is 21.3 Å². The highest BCUT2D eigenvalue weighted by Gasteiger charge is 2.03. The predicted octanol–water partition coefficient (Wildman–Crippen LogP) is 2.49. The van der Waals surface area contributed by atoms with Crippen LogP contribution in [-0.2, 0) is 11.3 Å². The third-order valence-electron chi connectivity index (χ3n) is 2.26. The van der Waals surface area contributed by atoms with Crippen LogP contribution in [0.25, 0.3) is 0 Å². The molecule has 1 heterocycles. The Morgan fingerprint density at radius 2 is 2.21 bits per heavy atom. The van der Waals surface area contributed by atoms with Crippen molar-refractivity contribution in [3.8, 4) is 0 Å². The van der Waals surface area contributed by atoms with Gasteiger partial charge in [-0.25, -0.2) is 0 Å². The van der Waals surface area contributed by atoms with Gasteiger partial charge in [-0.15, -0.1) is 11.3 Å². The molecule has 2 nitrogen and oxygen atoms in total. The SMILES string of the molecule is COCC(C)NCc1cc(C)c(C)s1. The van der Waals surface area contributed by atoms with Crippen LogP contribution in [0.1, 0.15) is 22.2 Å². The summed E-state index contributed by atoms with van der Waals surface area (Å²) in [5, 5.41) is 3.43. The van der Waals surface area contributed by atoms with E-state index >= 15 is 0 Å². The van der Waals surface area contributed by atoms with Gasteiger partial charge >= 0.3 is 0 Å². The van der Waals surface area contributed by atoms with Gasteiger partial charge in [0, 0.05) is 29.5 Å². The van der Waals surface area contributed by atoms with E-state index < -0.39 is 0 Å². The fraction of sp³-hybridized carbons (Fsp3) is 0.636. The number of thiophene rings is 1. The fourth-order valence-electron chi connectivity index (χ4n) is 1.32. The Labute approximate surface area is 90.3 Å². The minimum Gasteiger partial charge on any atom is -0.383 e. The summed E-state index contributed by atoms with van der Waals surface area (Å²) in [4.78, 5) is 2.82. The summed E-state index contributed by atoms with van der Waals surface area (Å²) in [5.74, 6) is 0. The van der Waals surface area contributed by atoms with Crippen molar-refractivity contribution in [3.05, 3.63) is 21.4 Å². The Balaban J connectivity index is 2.38. The number of aryl methyl sites for hydroxylation is 2. The lowest BCUT2D eigenvalue weighted by Gasteiger charge is -2.11. The Bertz CT molecular complexity index is 263. The second-order valence-corrected chi connectivity index (χ2v) is 5.03. The molecule has 0 spiro atoms. The first-order chi connectivity index (χ1) is 6.63. The van der Waals surface area contributed by atoms with E-state index in [1.54, 1.807) is 7.11 Å². The molecular weight excluding hydrogens is 194 g/mol. The Morgan fingerprint density at radius 3 is 2.71 bits per heavy atom. The van der Waals surface area contributed by atoms with E-state index in [2.05, 4.69) is 32.2 Å².